The van der Waals surface area contributed by atoms with Crippen molar-refractivity contribution in [1.82, 2.24) is 15.1 Å². The maximum Gasteiger partial charge on any atom is 0.290 e. The fourth-order valence-electron chi connectivity index (χ4n) is 4.16. The van der Waals surface area contributed by atoms with E-state index in [9.17, 15) is 9.59 Å². The van der Waals surface area contributed by atoms with E-state index in [1.807, 2.05) is 42.5 Å². The molecule has 2 heterocycles. The van der Waals surface area contributed by atoms with Crippen LogP contribution in [0.25, 0.3) is 0 Å². The lowest BCUT2D eigenvalue weighted by Crippen LogP contribution is -2.52. The number of hydrogen-bond acceptors (Lipinski definition) is 4. The van der Waals surface area contributed by atoms with Gasteiger partial charge in [-0.2, -0.15) is 0 Å². The van der Waals surface area contributed by atoms with Crippen LogP contribution in [0.2, 0.25) is 0 Å². The molecule has 0 spiro atoms. The van der Waals surface area contributed by atoms with Gasteiger partial charge < -0.3 is 19.5 Å². The second-order valence-corrected chi connectivity index (χ2v) is 8.27. The van der Waals surface area contributed by atoms with Crippen LogP contribution in [0.5, 0.6) is 0 Å². The highest BCUT2D eigenvalue weighted by molar-refractivity contribution is 5.96. The van der Waals surface area contributed by atoms with Crippen molar-refractivity contribution in [1.29, 1.82) is 0 Å². The van der Waals surface area contributed by atoms with E-state index in [-0.39, 0.29) is 17.6 Å². The molecule has 1 atom stereocenters. The van der Waals surface area contributed by atoms with E-state index in [0.29, 0.717) is 19.5 Å². The number of benzene rings is 2. The van der Waals surface area contributed by atoms with E-state index in [1.54, 1.807) is 17.0 Å². The minimum atomic E-state index is -0.551. The number of hydrogen-bond donors (Lipinski definition) is 1. The van der Waals surface area contributed by atoms with Crippen LogP contribution in [-0.2, 0) is 24.3 Å². The third-order valence-electron chi connectivity index (χ3n) is 5.86. The van der Waals surface area contributed by atoms with E-state index < -0.39 is 6.04 Å². The molecule has 1 aliphatic heterocycles. The highest BCUT2D eigenvalue weighted by atomic mass is 16.3. The highest BCUT2D eigenvalue weighted by Gasteiger charge is 2.35. The van der Waals surface area contributed by atoms with Crippen LogP contribution in [0.15, 0.2) is 77.4 Å². The van der Waals surface area contributed by atoms with Crippen molar-refractivity contribution < 1.29 is 14.0 Å². The number of fused-ring (bicyclic) bond motifs is 1. The Bertz CT molecular complexity index is 1030. The smallest absolute Gasteiger partial charge is 0.290 e. The summed E-state index contributed by atoms with van der Waals surface area (Å²) in [5.41, 5.74) is 3.45. The lowest BCUT2D eigenvalue weighted by atomic mass is 9.93. The van der Waals surface area contributed by atoms with Crippen molar-refractivity contribution in [2.75, 3.05) is 20.1 Å². The fraction of sp³-hybridized carbons (Fsp3) is 0.308. The van der Waals surface area contributed by atoms with Crippen molar-refractivity contribution in [3.8, 4) is 0 Å². The highest BCUT2D eigenvalue weighted by Crippen LogP contribution is 2.25. The Hall–Kier alpha value is -3.38. The first-order valence-electron chi connectivity index (χ1n) is 11.0. The molecular formula is C26H29N3O3. The van der Waals surface area contributed by atoms with Gasteiger partial charge in [-0.05, 0) is 48.8 Å². The summed E-state index contributed by atoms with van der Waals surface area (Å²) in [5.74, 6) is -0.123. The minimum absolute atomic E-state index is 0.120. The van der Waals surface area contributed by atoms with Gasteiger partial charge in [-0.15, -0.1) is 0 Å². The molecule has 3 aromatic rings. The predicted molar refractivity (Wildman–Crippen MR) is 123 cm³/mol. The van der Waals surface area contributed by atoms with Crippen molar-refractivity contribution in [2.45, 2.75) is 32.0 Å². The van der Waals surface area contributed by atoms with E-state index in [0.717, 1.165) is 30.6 Å². The quantitative estimate of drug-likeness (QED) is 0.555. The lowest BCUT2D eigenvalue weighted by Gasteiger charge is -2.35. The average Bonchev–Trinajstić information content (AvgIpc) is 3.36. The first-order chi connectivity index (χ1) is 15.6. The molecule has 2 aromatic carbocycles. The monoisotopic (exact) mass is 431 g/mol. The van der Waals surface area contributed by atoms with Gasteiger partial charge in [0.1, 0.15) is 6.04 Å². The molecule has 0 fully saturated rings. The summed E-state index contributed by atoms with van der Waals surface area (Å²) < 4.78 is 5.31. The van der Waals surface area contributed by atoms with Crippen LogP contribution < -0.4 is 5.32 Å². The maximum atomic E-state index is 13.1. The predicted octanol–water partition coefficient (Wildman–Crippen LogP) is 3.49. The second-order valence-electron chi connectivity index (χ2n) is 8.27. The summed E-state index contributed by atoms with van der Waals surface area (Å²) >= 11 is 0. The lowest BCUT2D eigenvalue weighted by molar-refractivity contribution is -0.126. The average molecular weight is 432 g/mol. The first kappa shape index (κ1) is 21.8. The fourth-order valence-corrected chi connectivity index (χ4v) is 4.16. The topological polar surface area (TPSA) is 65.8 Å². The molecule has 2 amide bonds. The van der Waals surface area contributed by atoms with Crippen LogP contribution in [0.1, 0.15) is 33.7 Å². The van der Waals surface area contributed by atoms with E-state index in [2.05, 4.69) is 29.4 Å². The molecule has 0 bridgehead atoms. The molecule has 166 valence electrons. The number of nitrogens with one attached hydrogen (secondary N) is 1. The number of amides is 2. The van der Waals surface area contributed by atoms with Crippen LogP contribution >= 0.6 is 0 Å². The molecule has 1 N–H and O–H groups in total. The van der Waals surface area contributed by atoms with Gasteiger partial charge in [0.15, 0.2) is 5.76 Å². The largest absolute Gasteiger partial charge is 0.459 e. The van der Waals surface area contributed by atoms with Gasteiger partial charge in [-0.1, -0.05) is 54.6 Å². The van der Waals surface area contributed by atoms with E-state index in [4.69, 9.17) is 4.42 Å². The number of carbonyl (C=O) groups is 2. The summed E-state index contributed by atoms with van der Waals surface area (Å²) in [6, 6.07) is 21.1. The second kappa shape index (κ2) is 10.3. The summed E-state index contributed by atoms with van der Waals surface area (Å²) in [6.45, 7) is 2.71. The number of carbonyl (C=O) groups excluding carboxylic acids is 2. The molecule has 1 aromatic heterocycles. The third kappa shape index (κ3) is 5.26. The van der Waals surface area contributed by atoms with Gasteiger partial charge in [0.05, 0.1) is 6.26 Å². The maximum absolute atomic E-state index is 13.1. The molecule has 0 radical (unpaired) electrons. The summed E-state index contributed by atoms with van der Waals surface area (Å²) in [4.78, 5) is 30.0. The van der Waals surface area contributed by atoms with Gasteiger partial charge >= 0.3 is 0 Å². The van der Waals surface area contributed by atoms with Gasteiger partial charge in [0.25, 0.3) is 5.91 Å². The van der Waals surface area contributed by atoms with Crippen LogP contribution in [0.4, 0.5) is 0 Å². The molecule has 0 saturated heterocycles. The zero-order valence-corrected chi connectivity index (χ0v) is 18.4. The molecule has 32 heavy (non-hydrogen) atoms. The zero-order valence-electron chi connectivity index (χ0n) is 18.4. The number of furan rings is 1. The Balaban J connectivity index is 1.34. The van der Waals surface area contributed by atoms with Gasteiger partial charge in [-0.3, -0.25) is 9.59 Å². The molecule has 0 aliphatic carbocycles. The zero-order chi connectivity index (χ0) is 22.3. The van der Waals surface area contributed by atoms with Crippen molar-refractivity contribution in [3.05, 3.63) is 95.4 Å². The Morgan fingerprint density at radius 3 is 2.53 bits per heavy atom. The third-order valence-corrected chi connectivity index (χ3v) is 5.86. The number of nitrogens with zero attached hydrogens (tertiary/aromatic N) is 2. The van der Waals surface area contributed by atoms with Gasteiger partial charge in [0, 0.05) is 26.1 Å². The Kier molecular flexibility index (Phi) is 7.02. The standard InChI is InChI=1S/C26H29N3O3/c1-28(18-20-9-3-2-4-10-20)15-8-14-27-25(30)23-17-21-11-5-6-12-22(21)19-29(23)26(31)24-13-7-16-32-24/h2-7,9-13,16,23H,8,14-15,17-19H2,1H3,(H,27,30)/t23-/m1/s1. The van der Waals surface area contributed by atoms with Crippen LogP contribution in [0, 0.1) is 0 Å². The summed E-state index contributed by atoms with van der Waals surface area (Å²) in [6.07, 6.45) is 2.82. The molecule has 0 saturated carbocycles. The normalized spacial score (nSPS) is 15.4. The van der Waals surface area contributed by atoms with Crippen LogP contribution in [0.3, 0.4) is 0 Å². The first-order valence-corrected chi connectivity index (χ1v) is 11.0. The molecule has 6 heteroatoms. The SMILES string of the molecule is CN(CCCNC(=O)[C@H]1Cc2ccccc2CN1C(=O)c1ccco1)Cc1ccccc1. The van der Waals surface area contributed by atoms with Crippen molar-refractivity contribution >= 4 is 11.8 Å². The Morgan fingerprint density at radius 1 is 1.03 bits per heavy atom. The molecule has 6 nitrogen and oxygen atoms in total. The molecule has 4 rings (SSSR count). The number of rotatable bonds is 8. The van der Waals surface area contributed by atoms with Gasteiger partial charge in [-0.25, -0.2) is 0 Å². The molecule has 0 unspecified atom stereocenters. The van der Waals surface area contributed by atoms with Gasteiger partial charge in [0.2, 0.25) is 5.91 Å². The van der Waals surface area contributed by atoms with E-state index >= 15 is 0 Å². The minimum Gasteiger partial charge on any atom is -0.459 e. The van der Waals surface area contributed by atoms with Crippen molar-refractivity contribution in [3.63, 3.8) is 0 Å². The Labute approximate surface area is 188 Å². The summed E-state index contributed by atoms with van der Waals surface area (Å²) in [5, 5.41) is 3.04. The Morgan fingerprint density at radius 2 is 1.78 bits per heavy atom. The van der Waals surface area contributed by atoms with E-state index in [1.165, 1.54) is 11.8 Å². The van der Waals surface area contributed by atoms with Crippen molar-refractivity contribution in [2.24, 2.45) is 0 Å². The van der Waals surface area contributed by atoms with Crippen LogP contribution in [-0.4, -0.2) is 47.8 Å². The molecule has 1 aliphatic rings. The molecular weight excluding hydrogens is 402 g/mol. The summed E-state index contributed by atoms with van der Waals surface area (Å²) in [7, 11) is 2.08.